The second kappa shape index (κ2) is 6.60. The standard InChI is InChI=1S/C10H10F3N5O2S2/c1-2-3-4-18-16-8(15-17-18)22-9-14-6(10(11,12)13)5(21-9)7(19)20/h2-4H2,1H3,(H,19,20). The molecule has 0 fully saturated rings. The molecule has 2 aromatic heterocycles. The Hall–Kier alpha value is -1.69. The molecule has 1 N–H and O–H groups in total. The molecule has 7 nitrogen and oxygen atoms in total. The number of aromatic carboxylic acids is 1. The summed E-state index contributed by atoms with van der Waals surface area (Å²) < 4.78 is 38.1. The topological polar surface area (TPSA) is 93.8 Å². The van der Waals surface area contributed by atoms with Crippen LogP contribution >= 0.6 is 23.1 Å². The molecule has 2 heterocycles. The van der Waals surface area contributed by atoms with Crippen molar-refractivity contribution >= 4 is 29.1 Å². The number of nitrogens with zero attached hydrogens (tertiary/aromatic N) is 5. The van der Waals surface area contributed by atoms with E-state index in [1.807, 2.05) is 6.92 Å². The fourth-order valence-corrected chi connectivity index (χ4v) is 3.23. The first kappa shape index (κ1) is 16.7. The molecular weight excluding hydrogens is 343 g/mol. The largest absolute Gasteiger partial charge is 0.477 e. The number of unbranched alkanes of at least 4 members (excludes halogenated alkanes) is 1. The van der Waals surface area contributed by atoms with Gasteiger partial charge < -0.3 is 5.11 Å². The monoisotopic (exact) mass is 353 g/mol. The minimum atomic E-state index is -4.82. The van der Waals surface area contributed by atoms with Gasteiger partial charge in [-0.3, -0.25) is 0 Å². The Morgan fingerprint density at radius 3 is 2.73 bits per heavy atom. The van der Waals surface area contributed by atoms with Crippen molar-refractivity contribution < 1.29 is 23.1 Å². The molecule has 0 unspecified atom stereocenters. The number of carbonyl (C=O) groups is 1. The number of alkyl halides is 3. The lowest BCUT2D eigenvalue weighted by Crippen LogP contribution is -2.11. The highest BCUT2D eigenvalue weighted by atomic mass is 32.2. The SMILES string of the molecule is CCCCn1nnc(Sc2nc(C(F)(F)F)c(C(=O)O)s2)n1. The van der Waals surface area contributed by atoms with Crippen LogP contribution < -0.4 is 0 Å². The van der Waals surface area contributed by atoms with Crippen molar-refractivity contribution in [1.29, 1.82) is 0 Å². The molecule has 0 radical (unpaired) electrons. The maximum Gasteiger partial charge on any atom is 0.435 e. The van der Waals surface area contributed by atoms with Gasteiger partial charge in [0.2, 0.25) is 5.16 Å². The van der Waals surface area contributed by atoms with E-state index in [9.17, 15) is 18.0 Å². The maximum absolute atomic E-state index is 12.7. The molecule has 0 bridgehead atoms. The molecule has 120 valence electrons. The van der Waals surface area contributed by atoms with Crippen molar-refractivity contribution in [2.45, 2.75) is 42.0 Å². The Bertz CT molecular complexity index is 670. The van der Waals surface area contributed by atoms with Gasteiger partial charge in [0.1, 0.15) is 4.88 Å². The van der Waals surface area contributed by atoms with Gasteiger partial charge in [-0.05, 0) is 23.4 Å². The molecule has 0 aliphatic heterocycles. The van der Waals surface area contributed by atoms with Crippen LogP contribution in [0.3, 0.4) is 0 Å². The summed E-state index contributed by atoms with van der Waals surface area (Å²) in [7, 11) is 0. The van der Waals surface area contributed by atoms with E-state index in [1.165, 1.54) is 4.80 Å². The zero-order chi connectivity index (χ0) is 16.3. The van der Waals surface area contributed by atoms with Gasteiger partial charge in [-0.15, -0.1) is 10.2 Å². The Labute approximate surface area is 130 Å². The molecule has 0 atom stereocenters. The van der Waals surface area contributed by atoms with Gasteiger partial charge in [0.15, 0.2) is 10.0 Å². The average Bonchev–Trinajstić information content (AvgIpc) is 3.03. The van der Waals surface area contributed by atoms with E-state index in [0.29, 0.717) is 17.9 Å². The van der Waals surface area contributed by atoms with E-state index >= 15 is 0 Å². The van der Waals surface area contributed by atoms with Gasteiger partial charge >= 0.3 is 12.1 Å². The molecule has 2 aromatic rings. The third-order valence-corrected chi connectivity index (χ3v) is 4.34. The Morgan fingerprint density at radius 1 is 1.45 bits per heavy atom. The number of aromatic nitrogens is 5. The summed E-state index contributed by atoms with van der Waals surface area (Å²) >= 11 is 1.18. The Balaban J connectivity index is 2.19. The molecule has 0 saturated heterocycles. The van der Waals surface area contributed by atoms with Gasteiger partial charge in [-0.2, -0.15) is 18.0 Å². The normalized spacial score (nSPS) is 11.8. The number of thiazole rings is 1. The molecule has 0 spiro atoms. The summed E-state index contributed by atoms with van der Waals surface area (Å²) in [5.41, 5.74) is -1.41. The smallest absolute Gasteiger partial charge is 0.435 e. The molecule has 2 rings (SSSR count). The van der Waals surface area contributed by atoms with Crippen molar-refractivity contribution in [1.82, 2.24) is 25.2 Å². The van der Waals surface area contributed by atoms with Crippen molar-refractivity contribution in [3.8, 4) is 0 Å². The van der Waals surface area contributed by atoms with Crippen molar-refractivity contribution in [3.63, 3.8) is 0 Å². The second-order valence-corrected chi connectivity index (χ2v) is 6.30. The zero-order valence-electron chi connectivity index (χ0n) is 11.2. The maximum atomic E-state index is 12.7. The van der Waals surface area contributed by atoms with Crippen LogP contribution in [-0.4, -0.2) is 36.3 Å². The van der Waals surface area contributed by atoms with Crippen LogP contribution in [0.25, 0.3) is 0 Å². The van der Waals surface area contributed by atoms with Crippen molar-refractivity contribution in [2.75, 3.05) is 0 Å². The van der Waals surface area contributed by atoms with Crippen LogP contribution in [0, 0.1) is 0 Å². The number of carboxylic acids is 1. The number of carboxylic acid groups (broad SMARTS) is 1. The minimum absolute atomic E-state index is 0.0974. The first-order valence-electron chi connectivity index (χ1n) is 6.08. The third-order valence-electron chi connectivity index (χ3n) is 2.40. The third kappa shape index (κ3) is 3.94. The fraction of sp³-hybridized carbons (Fsp3) is 0.500. The van der Waals surface area contributed by atoms with Crippen molar-refractivity contribution in [3.05, 3.63) is 10.6 Å². The predicted octanol–water partition coefficient (Wildman–Crippen LogP) is 2.80. The average molecular weight is 353 g/mol. The van der Waals surface area contributed by atoms with Gasteiger partial charge in [-0.1, -0.05) is 24.7 Å². The number of tetrazole rings is 1. The fourth-order valence-electron chi connectivity index (χ4n) is 1.42. The summed E-state index contributed by atoms with van der Waals surface area (Å²) in [5.74, 6) is -1.67. The van der Waals surface area contributed by atoms with Crippen LogP contribution in [0.4, 0.5) is 13.2 Å². The lowest BCUT2D eigenvalue weighted by atomic mass is 10.3. The Morgan fingerprint density at radius 2 is 2.18 bits per heavy atom. The molecule has 0 amide bonds. The molecule has 12 heteroatoms. The van der Waals surface area contributed by atoms with E-state index in [1.54, 1.807) is 0 Å². The number of halogens is 3. The molecular formula is C10H10F3N5O2S2. The highest BCUT2D eigenvalue weighted by molar-refractivity contribution is 8.00. The number of hydrogen-bond donors (Lipinski definition) is 1. The van der Waals surface area contributed by atoms with Crippen molar-refractivity contribution in [2.24, 2.45) is 0 Å². The summed E-state index contributed by atoms with van der Waals surface area (Å²) in [6.07, 6.45) is -3.04. The highest BCUT2D eigenvalue weighted by Gasteiger charge is 2.40. The lowest BCUT2D eigenvalue weighted by molar-refractivity contribution is -0.141. The molecule has 22 heavy (non-hydrogen) atoms. The highest BCUT2D eigenvalue weighted by Crippen LogP contribution is 2.38. The van der Waals surface area contributed by atoms with Crippen LogP contribution in [-0.2, 0) is 12.7 Å². The van der Waals surface area contributed by atoms with Crippen LogP contribution in [0.2, 0.25) is 0 Å². The molecule has 0 aliphatic rings. The quantitative estimate of drug-likeness (QED) is 0.853. The van der Waals surface area contributed by atoms with E-state index in [2.05, 4.69) is 20.4 Å². The predicted molar refractivity (Wildman–Crippen MR) is 70.9 cm³/mol. The second-order valence-electron chi connectivity index (χ2n) is 4.08. The number of aryl methyl sites for hydroxylation is 1. The van der Waals surface area contributed by atoms with E-state index in [4.69, 9.17) is 5.11 Å². The summed E-state index contributed by atoms with van der Waals surface area (Å²) in [6.45, 7) is 2.55. The van der Waals surface area contributed by atoms with Gasteiger partial charge in [-0.25, -0.2) is 9.78 Å². The van der Waals surface area contributed by atoms with E-state index in [0.717, 1.165) is 24.6 Å². The van der Waals surface area contributed by atoms with Crippen LogP contribution in [0.1, 0.15) is 35.1 Å². The summed E-state index contributed by atoms with van der Waals surface area (Å²) in [6, 6.07) is 0. The number of hydrogen-bond acceptors (Lipinski definition) is 7. The lowest BCUT2D eigenvalue weighted by Gasteiger charge is -2.02. The molecule has 0 aliphatic carbocycles. The first-order valence-corrected chi connectivity index (χ1v) is 7.71. The summed E-state index contributed by atoms with van der Waals surface area (Å²) in [4.78, 5) is 14.7. The minimum Gasteiger partial charge on any atom is -0.477 e. The van der Waals surface area contributed by atoms with E-state index in [-0.39, 0.29) is 9.50 Å². The van der Waals surface area contributed by atoms with E-state index < -0.39 is 22.7 Å². The van der Waals surface area contributed by atoms with Crippen LogP contribution in [0.15, 0.2) is 9.50 Å². The number of rotatable bonds is 6. The van der Waals surface area contributed by atoms with Gasteiger partial charge in [0.05, 0.1) is 6.54 Å². The first-order chi connectivity index (χ1) is 10.3. The zero-order valence-corrected chi connectivity index (χ0v) is 12.8. The van der Waals surface area contributed by atoms with Gasteiger partial charge in [0.25, 0.3) is 0 Å². The summed E-state index contributed by atoms with van der Waals surface area (Å²) in [5, 5.41) is 20.4. The van der Waals surface area contributed by atoms with Gasteiger partial charge in [0, 0.05) is 0 Å². The van der Waals surface area contributed by atoms with Crippen LogP contribution in [0.5, 0.6) is 0 Å². The molecule has 0 saturated carbocycles. The molecule has 0 aromatic carbocycles. The Kier molecular flexibility index (Phi) is 5.01.